The molecule has 2 aliphatic rings. The largest absolute Gasteiger partial charge is 0.493 e. The van der Waals surface area contributed by atoms with Gasteiger partial charge in [0.05, 0.1) is 37.8 Å². The molecule has 3 atom stereocenters. The van der Waals surface area contributed by atoms with Gasteiger partial charge in [0.1, 0.15) is 13.1 Å². The molecule has 1 saturated carbocycles. The van der Waals surface area contributed by atoms with Gasteiger partial charge in [0.15, 0.2) is 11.5 Å². The maximum atomic E-state index is 11.8. The molecule has 1 aliphatic carbocycles. The van der Waals surface area contributed by atoms with Gasteiger partial charge in [-0.05, 0) is 48.5 Å². The zero-order chi connectivity index (χ0) is 18.7. The number of hydrogen-bond acceptors (Lipinski definition) is 4. The molecule has 1 aromatic rings. The van der Waals surface area contributed by atoms with E-state index in [1.54, 1.807) is 14.2 Å². The van der Waals surface area contributed by atoms with Gasteiger partial charge in [0, 0.05) is 0 Å². The highest BCUT2D eigenvalue weighted by Gasteiger charge is 2.64. The van der Waals surface area contributed by atoms with E-state index in [9.17, 15) is 4.79 Å². The van der Waals surface area contributed by atoms with Crippen molar-refractivity contribution >= 4 is 36.6 Å². The first-order chi connectivity index (χ1) is 11.8. The lowest BCUT2D eigenvalue weighted by Gasteiger charge is -2.39. The molecule has 1 aliphatic heterocycles. The number of carbonyl (C=O) groups excluding carboxylic acids is 1. The Morgan fingerprint density at radius 3 is 2.24 bits per heavy atom. The van der Waals surface area contributed by atoms with Crippen LogP contribution in [0.1, 0.15) is 12.8 Å². The van der Waals surface area contributed by atoms with Crippen LogP contribution in [0, 0.1) is 5.92 Å². The van der Waals surface area contributed by atoms with Crippen LogP contribution in [0.15, 0.2) is 24.3 Å². The standard InChI is InChI=1S/C9H12B4NO.C8H10O2/c1-14-3-2-5-4-8(10,11)7(15)9(12)6(5)13-9;1-9-7-5-3-4-6-8(7)10-2/h5-6,14H,2-4H2,1H3;3-6H,1-2H3. The Balaban J connectivity index is 0.000000196. The van der Waals surface area contributed by atoms with Gasteiger partial charge in [-0.1, -0.05) is 24.4 Å². The summed E-state index contributed by atoms with van der Waals surface area (Å²) in [7, 11) is 24.6. The Labute approximate surface area is 155 Å². The number of nitrogens with one attached hydrogen (secondary N) is 1. The normalized spacial score (nSPS) is 28.7. The Morgan fingerprint density at radius 2 is 1.76 bits per heavy atom. The fourth-order valence-electron chi connectivity index (χ4n) is 3.46. The molecule has 2 fully saturated rings. The van der Waals surface area contributed by atoms with Crippen LogP contribution >= 0.6 is 0 Å². The van der Waals surface area contributed by atoms with Gasteiger partial charge in [-0.25, -0.2) is 0 Å². The molecular formula is C17H22B4NO3. The van der Waals surface area contributed by atoms with Gasteiger partial charge in [-0.15, -0.1) is 0 Å². The number of carbonyl (C=O) groups is 1. The molecule has 125 valence electrons. The number of methoxy groups -OCH3 is 2. The van der Waals surface area contributed by atoms with Crippen molar-refractivity contribution < 1.29 is 14.3 Å². The van der Waals surface area contributed by atoms with Crippen molar-refractivity contribution in [3.63, 3.8) is 0 Å². The van der Waals surface area contributed by atoms with Crippen molar-refractivity contribution in [2.45, 2.75) is 29.1 Å². The first kappa shape index (κ1) is 20.0. The van der Waals surface area contributed by atoms with Crippen molar-refractivity contribution in [1.82, 2.24) is 5.32 Å². The van der Waals surface area contributed by atoms with E-state index in [0.717, 1.165) is 24.5 Å². The Kier molecular flexibility index (Phi) is 6.36. The van der Waals surface area contributed by atoms with E-state index in [1.165, 1.54) is 0 Å². The molecule has 0 spiro atoms. The van der Waals surface area contributed by atoms with E-state index >= 15 is 0 Å². The van der Waals surface area contributed by atoms with Gasteiger partial charge in [-0.3, -0.25) is 0 Å². The number of hydrogen-bond donors (Lipinski definition) is 1. The highest BCUT2D eigenvalue weighted by Crippen LogP contribution is 2.68. The van der Waals surface area contributed by atoms with Gasteiger partial charge in [0.25, 0.3) is 0 Å². The molecule has 1 aromatic carbocycles. The maximum Gasteiger partial charge on any atom is 0.160 e. The number of ketones is 1. The number of benzene rings is 1. The summed E-state index contributed by atoms with van der Waals surface area (Å²) < 4.78 is 10.0. The van der Waals surface area contributed by atoms with Gasteiger partial charge < -0.3 is 19.6 Å². The number of fused-ring (bicyclic) bond motifs is 1. The van der Waals surface area contributed by atoms with Crippen molar-refractivity contribution in [2.75, 3.05) is 27.8 Å². The molecule has 1 heterocycles. The second-order valence-electron chi connectivity index (χ2n) is 6.71. The third-order valence-electron chi connectivity index (χ3n) is 4.88. The molecule has 3 unspecified atom stereocenters. The minimum atomic E-state index is -1.24. The lowest BCUT2D eigenvalue weighted by Crippen LogP contribution is -2.37. The zero-order valence-corrected chi connectivity index (χ0v) is 15.1. The van der Waals surface area contributed by atoms with Crippen LogP contribution in [-0.4, -0.2) is 64.4 Å². The molecule has 0 bridgehead atoms. The number of Topliss-reactive ketones (excluding diaryl/α,β-unsaturated/α-hetero) is 1. The molecule has 1 saturated heterocycles. The van der Waals surface area contributed by atoms with E-state index in [-0.39, 0.29) is 11.6 Å². The molecule has 25 heavy (non-hydrogen) atoms. The predicted octanol–water partition coefficient (Wildman–Crippen LogP) is 1.13. The van der Waals surface area contributed by atoms with E-state index in [0.29, 0.717) is 12.3 Å². The van der Waals surface area contributed by atoms with Crippen LogP contribution < -0.4 is 14.8 Å². The van der Waals surface area contributed by atoms with Gasteiger partial charge >= 0.3 is 0 Å². The number of para-hydroxylation sites is 2. The second kappa shape index (κ2) is 7.94. The van der Waals surface area contributed by atoms with Crippen LogP contribution in [0.4, 0.5) is 0 Å². The summed E-state index contributed by atoms with van der Waals surface area (Å²) in [4.78, 5) is 11.8. The minimum absolute atomic E-state index is 0.179. The molecule has 0 aromatic heterocycles. The smallest absolute Gasteiger partial charge is 0.160 e. The highest BCUT2D eigenvalue weighted by atomic mass is 16.5. The van der Waals surface area contributed by atoms with Crippen LogP contribution in [0.3, 0.4) is 0 Å². The summed E-state index contributed by atoms with van der Waals surface area (Å²) in [6.45, 7) is 0.898. The van der Waals surface area contributed by atoms with Crippen molar-refractivity contribution in [3.8, 4) is 11.5 Å². The Bertz CT molecular complexity index is 584. The molecule has 1 N–H and O–H groups in total. The molecule has 4 nitrogen and oxygen atoms in total. The van der Waals surface area contributed by atoms with Crippen molar-refractivity contribution in [3.05, 3.63) is 24.3 Å². The monoisotopic (exact) mass is 332 g/mol. The van der Waals surface area contributed by atoms with E-state index in [1.807, 2.05) is 38.6 Å². The third-order valence-corrected chi connectivity index (χ3v) is 4.88. The molecule has 0 amide bonds. The maximum absolute atomic E-state index is 11.8. The van der Waals surface area contributed by atoms with Gasteiger partial charge in [-0.2, -0.15) is 0 Å². The Hall–Kier alpha value is -1.29. The number of ether oxygens (including phenoxy) is 2. The lowest BCUT2D eigenvalue weighted by atomic mass is 9.41. The molecule has 8 heteroatoms. The van der Waals surface area contributed by atoms with Crippen LogP contribution in [0.25, 0.3) is 0 Å². The fraction of sp³-hybridized carbons (Fsp3) is 0.588. The summed E-state index contributed by atoms with van der Waals surface area (Å²) in [6, 6.07) is 7.53. The quantitative estimate of drug-likeness (QED) is 0.822. The first-order valence-electron chi connectivity index (χ1n) is 8.39. The van der Waals surface area contributed by atoms with Crippen molar-refractivity contribution in [1.29, 1.82) is 0 Å². The predicted molar refractivity (Wildman–Crippen MR) is 103 cm³/mol. The zero-order valence-electron chi connectivity index (χ0n) is 15.1. The molecular weight excluding hydrogens is 309 g/mol. The summed E-state index contributed by atoms with van der Waals surface area (Å²) >= 11 is 0. The summed E-state index contributed by atoms with van der Waals surface area (Å²) in [5, 5.41) is 1.01. The SMILES string of the molecule is COc1ccccc1OC.[B]C1([B])CC(CCNC)C2[B]C2([B])C1=O. The first-order valence-corrected chi connectivity index (χ1v) is 8.39. The lowest BCUT2D eigenvalue weighted by molar-refractivity contribution is -0.121. The second-order valence-corrected chi connectivity index (χ2v) is 6.71. The van der Waals surface area contributed by atoms with Crippen LogP contribution in [0.5, 0.6) is 11.5 Å². The summed E-state index contributed by atoms with van der Waals surface area (Å²) in [5.41, 5.74) is 0. The minimum Gasteiger partial charge on any atom is -0.493 e. The number of rotatable bonds is 5. The van der Waals surface area contributed by atoms with Crippen LogP contribution in [0.2, 0.25) is 16.2 Å². The molecule has 3 rings (SSSR count). The van der Waals surface area contributed by atoms with Gasteiger partial charge in [0.2, 0.25) is 0 Å². The fourth-order valence-corrected chi connectivity index (χ4v) is 3.46. The van der Waals surface area contributed by atoms with E-state index in [2.05, 4.69) is 5.32 Å². The summed E-state index contributed by atoms with van der Waals surface area (Å²) in [5.74, 6) is 1.84. The third kappa shape index (κ3) is 4.28. The van der Waals surface area contributed by atoms with E-state index < -0.39 is 10.4 Å². The average Bonchev–Trinajstić information content (AvgIpc) is 3.31. The highest BCUT2D eigenvalue weighted by molar-refractivity contribution is 6.80. The summed E-state index contributed by atoms with van der Waals surface area (Å²) in [6.07, 6.45) is 1.49. The van der Waals surface area contributed by atoms with E-state index in [4.69, 9.17) is 33.0 Å². The molecule has 7 radical (unpaired) electrons. The Morgan fingerprint density at radius 1 is 1.20 bits per heavy atom. The average molecular weight is 332 g/mol. The topological polar surface area (TPSA) is 47.6 Å². The van der Waals surface area contributed by atoms with Crippen molar-refractivity contribution in [2.24, 2.45) is 5.92 Å². The van der Waals surface area contributed by atoms with Crippen LogP contribution in [-0.2, 0) is 4.79 Å².